The summed E-state index contributed by atoms with van der Waals surface area (Å²) in [5.74, 6) is -0.589. The van der Waals surface area contributed by atoms with Crippen molar-refractivity contribution in [1.82, 2.24) is 0 Å². The third-order valence-electron chi connectivity index (χ3n) is 3.07. The van der Waals surface area contributed by atoms with Crippen molar-refractivity contribution in [3.8, 4) is 0 Å². The highest BCUT2D eigenvalue weighted by molar-refractivity contribution is 9.10. The van der Waals surface area contributed by atoms with E-state index in [-0.39, 0.29) is 5.56 Å². The van der Waals surface area contributed by atoms with Crippen molar-refractivity contribution in [2.45, 2.75) is 6.92 Å². The molecular weight excluding hydrogens is 370 g/mol. The lowest BCUT2D eigenvalue weighted by atomic mass is 10.1. The quantitative estimate of drug-likeness (QED) is 0.639. The molecule has 0 bridgehead atoms. The van der Waals surface area contributed by atoms with Crippen molar-refractivity contribution < 1.29 is 14.6 Å². The molecule has 0 fully saturated rings. The summed E-state index contributed by atoms with van der Waals surface area (Å²) in [6, 6.07) is 8.23. The number of hydrogen-bond donors (Lipinski definition) is 1. The van der Waals surface area contributed by atoms with Crippen molar-refractivity contribution in [2.75, 3.05) is 5.32 Å². The van der Waals surface area contributed by atoms with Crippen molar-refractivity contribution in [1.29, 1.82) is 0 Å². The molecule has 118 valence electrons. The van der Waals surface area contributed by atoms with Crippen LogP contribution < -0.4 is 5.32 Å². The summed E-state index contributed by atoms with van der Waals surface area (Å²) in [6.45, 7) is 1.79. The fraction of sp³-hybridized carbons (Fsp3) is 0.0714. The number of aryl methyl sites for hydroxylation is 1. The lowest BCUT2D eigenvalue weighted by Gasteiger charge is -2.08. The summed E-state index contributed by atoms with van der Waals surface area (Å²) >= 11 is 3.30. The van der Waals surface area contributed by atoms with Gasteiger partial charge in [0.25, 0.3) is 5.91 Å². The van der Waals surface area contributed by atoms with Crippen LogP contribution in [0.3, 0.4) is 0 Å². The molecule has 2 aromatic rings. The van der Waals surface area contributed by atoms with Crippen LogP contribution in [0.2, 0.25) is 0 Å². The van der Waals surface area contributed by atoms with Gasteiger partial charge in [0.15, 0.2) is 0 Å². The molecule has 0 aliphatic carbocycles. The summed E-state index contributed by atoms with van der Waals surface area (Å²) < 4.78 is 0.846. The number of hydrogen-bond acceptors (Lipinski definition) is 5. The van der Waals surface area contributed by atoms with Gasteiger partial charge in [-0.25, -0.2) is 0 Å². The summed E-state index contributed by atoms with van der Waals surface area (Å²) in [5.41, 5.74) is -0.0884. The van der Waals surface area contributed by atoms with Gasteiger partial charge < -0.3 is 5.32 Å². The molecule has 2 aromatic carbocycles. The van der Waals surface area contributed by atoms with Crippen LogP contribution in [0.5, 0.6) is 0 Å². The zero-order valence-corrected chi connectivity index (χ0v) is 13.4. The standard InChI is InChI=1S/C14H10BrN3O5/c1-8-6-10(15)3-4-11(8)16-14(19)9-2-5-12(17(20)21)13(7-9)18(22)23/h2-7H,1H3,(H,16,19). The van der Waals surface area contributed by atoms with Crippen LogP contribution >= 0.6 is 15.9 Å². The number of nitro groups is 2. The smallest absolute Gasteiger partial charge is 0.322 e. The van der Waals surface area contributed by atoms with E-state index < -0.39 is 27.1 Å². The number of nitrogens with one attached hydrogen (secondary N) is 1. The lowest BCUT2D eigenvalue weighted by Crippen LogP contribution is -2.13. The first-order valence-electron chi connectivity index (χ1n) is 6.30. The summed E-state index contributed by atoms with van der Waals surface area (Å²) in [5, 5.41) is 24.3. The number of carbonyl (C=O) groups excluding carboxylic acids is 1. The van der Waals surface area contributed by atoms with Gasteiger partial charge in [-0.2, -0.15) is 0 Å². The van der Waals surface area contributed by atoms with E-state index in [0.29, 0.717) is 5.69 Å². The minimum Gasteiger partial charge on any atom is -0.322 e. The van der Waals surface area contributed by atoms with Gasteiger partial charge in [0.2, 0.25) is 0 Å². The number of benzene rings is 2. The van der Waals surface area contributed by atoms with Crippen molar-refractivity contribution >= 4 is 38.9 Å². The average Bonchev–Trinajstić information content (AvgIpc) is 2.49. The van der Waals surface area contributed by atoms with Crippen molar-refractivity contribution in [3.05, 3.63) is 72.2 Å². The van der Waals surface area contributed by atoms with Gasteiger partial charge in [0, 0.05) is 27.9 Å². The van der Waals surface area contributed by atoms with Crippen molar-refractivity contribution in [3.63, 3.8) is 0 Å². The maximum Gasteiger partial charge on any atom is 0.346 e. The molecule has 0 heterocycles. The highest BCUT2D eigenvalue weighted by Crippen LogP contribution is 2.28. The molecule has 9 heteroatoms. The molecular formula is C14H10BrN3O5. The van der Waals surface area contributed by atoms with Gasteiger partial charge in [0.05, 0.1) is 9.85 Å². The third-order valence-corrected chi connectivity index (χ3v) is 3.56. The molecule has 0 aromatic heterocycles. The number of rotatable bonds is 4. The van der Waals surface area contributed by atoms with Crippen LogP contribution in [0.4, 0.5) is 17.1 Å². The Kier molecular flexibility index (Phi) is 4.70. The third kappa shape index (κ3) is 3.69. The van der Waals surface area contributed by atoms with Crippen molar-refractivity contribution in [2.24, 2.45) is 0 Å². The molecule has 8 nitrogen and oxygen atoms in total. The molecule has 0 saturated heterocycles. The first-order chi connectivity index (χ1) is 10.8. The van der Waals surface area contributed by atoms with Crippen LogP contribution in [0.15, 0.2) is 40.9 Å². The molecule has 0 atom stereocenters. The second kappa shape index (κ2) is 6.53. The summed E-state index contributed by atoms with van der Waals surface area (Å²) in [6.07, 6.45) is 0. The number of carbonyl (C=O) groups is 1. The SMILES string of the molecule is Cc1cc(Br)ccc1NC(=O)c1ccc([N+](=O)[O-])c([N+](=O)[O-])c1. The van der Waals surface area contributed by atoms with E-state index in [1.165, 1.54) is 6.07 Å². The van der Waals surface area contributed by atoms with Crippen LogP contribution in [-0.2, 0) is 0 Å². The number of anilines is 1. The molecule has 0 aliphatic heterocycles. The topological polar surface area (TPSA) is 115 Å². The molecule has 1 N–H and O–H groups in total. The molecule has 1 amide bonds. The number of nitro benzene ring substituents is 2. The monoisotopic (exact) mass is 379 g/mol. The molecule has 0 spiro atoms. The second-order valence-corrected chi connectivity index (χ2v) is 5.55. The highest BCUT2D eigenvalue weighted by Gasteiger charge is 2.25. The number of amides is 1. The maximum absolute atomic E-state index is 12.2. The Balaban J connectivity index is 2.34. The first kappa shape index (κ1) is 16.6. The Hall–Kier alpha value is -2.81. The fourth-order valence-electron chi connectivity index (χ4n) is 1.93. The Labute approximate surface area is 138 Å². The number of nitrogens with zero attached hydrogens (tertiary/aromatic N) is 2. The van der Waals surface area contributed by atoms with Gasteiger partial charge >= 0.3 is 11.4 Å². The van der Waals surface area contributed by atoms with Crippen LogP contribution in [0, 0.1) is 27.2 Å². The Morgan fingerprint density at radius 1 is 1.04 bits per heavy atom. The lowest BCUT2D eigenvalue weighted by molar-refractivity contribution is -0.422. The fourth-order valence-corrected chi connectivity index (χ4v) is 2.40. The predicted octanol–water partition coefficient (Wildman–Crippen LogP) is 3.83. The van der Waals surface area contributed by atoms with Gasteiger partial charge in [-0.1, -0.05) is 15.9 Å². The van der Waals surface area contributed by atoms with E-state index in [0.717, 1.165) is 22.2 Å². The van der Waals surface area contributed by atoms with Gasteiger partial charge in [-0.3, -0.25) is 25.0 Å². The zero-order chi connectivity index (χ0) is 17.1. The molecule has 23 heavy (non-hydrogen) atoms. The van der Waals surface area contributed by atoms with E-state index in [9.17, 15) is 25.0 Å². The molecule has 2 rings (SSSR count). The van der Waals surface area contributed by atoms with Gasteiger partial charge in [-0.05, 0) is 36.8 Å². The zero-order valence-electron chi connectivity index (χ0n) is 11.8. The average molecular weight is 380 g/mol. The molecule has 0 unspecified atom stereocenters. The molecule has 0 saturated carbocycles. The number of halogens is 1. The highest BCUT2D eigenvalue weighted by atomic mass is 79.9. The van der Waals surface area contributed by atoms with Gasteiger partial charge in [0.1, 0.15) is 0 Å². The minimum absolute atomic E-state index is 0.0374. The Bertz CT molecular complexity index is 822. The van der Waals surface area contributed by atoms with Crippen LogP contribution in [-0.4, -0.2) is 15.8 Å². The predicted molar refractivity (Wildman–Crippen MR) is 86.6 cm³/mol. The Morgan fingerprint density at radius 2 is 1.70 bits per heavy atom. The van der Waals surface area contributed by atoms with Gasteiger partial charge in [-0.15, -0.1) is 0 Å². The second-order valence-electron chi connectivity index (χ2n) is 4.63. The van der Waals surface area contributed by atoms with E-state index in [1.807, 2.05) is 0 Å². The van der Waals surface area contributed by atoms with Crippen LogP contribution in [0.1, 0.15) is 15.9 Å². The first-order valence-corrected chi connectivity index (χ1v) is 7.09. The van der Waals surface area contributed by atoms with E-state index >= 15 is 0 Å². The van der Waals surface area contributed by atoms with E-state index in [1.54, 1.807) is 25.1 Å². The minimum atomic E-state index is -0.889. The largest absolute Gasteiger partial charge is 0.346 e. The van der Waals surface area contributed by atoms with E-state index in [4.69, 9.17) is 0 Å². The van der Waals surface area contributed by atoms with Crippen LogP contribution in [0.25, 0.3) is 0 Å². The summed E-state index contributed by atoms with van der Waals surface area (Å²) in [7, 11) is 0. The maximum atomic E-state index is 12.2. The Morgan fingerprint density at radius 3 is 2.26 bits per heavy atom. The van der Waals surface area contributed by atoms with E-state index in [2.05, 4.69) is 21.2 Å². The molecule has 0 radical (unpaired) electrons. The normalized spacial score (nSPS) is 10.2. The summed E-state index contributed by atoms with van der Waals surface area (Å²) in [4.78, 5) is 32.1. The molecule has 0 aliphatic rings.